The van der Waals surface area contributed by atoms with E-state index < -0.39 is 0 Å². The number of esters is 1. The monoisotopic (exact) mass is 229 g/mol. The molecular weight excluding hydrogens is 206 g/mol. The van der Waals surface area contributed by atoms with Crippen LogP contribution in [0.3, 0.4) is 0 Å². The van der Waals surface area contributed by atoms with E-state index in [1.807, 2.05) is 0 Å². The molecule has 1 unspecified atom stereocenters. The zero-order valence-electron chi connectivity index (χ0n) is 10.2. The Balaban J connectivity index is 1.85. The molecule has 1 aliphatic heterocycles. The molecule has 0 amide bonds. The quantitative estimate of drug-likeness (QED) is 0.531. The van der Waals surface area contributed by atoms with Gasteiger partial charge < -0.3 is 14.8 Å². The van der Waals surface area contributed by atoms with Gasteiger partial charge in [0.2, 0.25) is 0 Å². The fraction of sp³-hybridized carbons (Fsp3) is 0.917. The maximum absolute atomic E-state index is 10.8. The lowest BCUT2D eigenvalue weighted by Crippen LogP contribution is -2.26. The van der Waals surface area contributed by atoms with Gasteiger partial charge in [-0.15, -0.1) is 0 Å². The van der Waals surface area contributed by atoms with E-state index in [1.54, 1.807) is 0 Å². The number of methoxy groups -OCH3 is 1. The number of carbonyl (C=O) groups is 1. The van der Waals surface area contributed by atoms with Crippen molar-refractivity contribution in [1.29, 1.82) is 0 Å². The van der Waals surface area contributed by atoms with Crippen molar-refractivity contribution in [2.45, 2.75) is 44.6 Å². The number of hydrogen-bond donors (Lipinski definition) is 1. The molecule has 1 aliphatic rings. The van der Waals surface area contributed by atoms with Gasteiger partial charge in [0.25, 0.3) is 0 Å². The van der Waals surface area contributed by atoms with E-state index in [4.69, 9.17) is 4.74 Å². The Bertz CT molecular complexity index is 191. The Morgan fingerprint density at radius 3 is 3.00 bits per heavy atom. The van der Waals surface area contributed by atoms with E-state index in [2.05, 4.69) is 10.1 Å². The summed E-state index contributed by atoms with van der Waals surface area (Å²) in [5.41, 5.74) is 0. The van der Waals surface area contributed by atoms with Crippen LogP contribution < -0.4 is 5.32 Å². The number of rotatable bonds is 7. The molecular formula is C12H23NO3. The minimum absolute atomic E-state index is 0.127. The molecule has 1 heterocycles. The lowest BCUT2D eigenvalue weighted by atomic mass is 10.1. The van der Waals surface area contributed by atoms with Crippen LogP contribution in [0.1, 0.15) is 38.5 Å². The molecule has 0 saturated carbocycles. The van der Waals surface area contributed by atoms with Gasteiger partial charge in [-0.25, -0.2) is 0 Å². The molecule has 4 heteroatoms. The fourth-order valence-electron chi connectivity index (χ4n) is 1.88. The maximum Gasteiger partial charge on any atom is 0.305 e. The molecule has 0 aliphatic carbocycles. The van der Waals surface area contributed by atoms with Crippen molar-refractivity contribution < 1.29 is 14.3 Å². The summed E-state index contributed by atoms with van der Waals surface area (Å²) in [6, 6.07) is 0. The van der Waals surface area contributed by atoms with Crippen molar-refractivity contribution in [2.75, 3.05) is 26.8 Å². The predicted octanol–water partition coefficient (Wildman–Crippen LogP) is 1.49. The van der Waals surface area contributed by atoms with Crippen LogP contribution in [0.15, 0.2) is 0 Å². The Morgan fingerprint density at radius 1 is 1.44 bits per heavy atom. The predicted molar refractivity (Wildman–Crippen MR) is 62.3 cm³/mol. The second-order valence-electron chi connectivity index (χ2n) is 4.21. The van der Waals surface area contributed by atoms with Crippen molar-refractivity contribution in [3.05, 3.63) is 0 Å². The van der Waals surface area contributed by atoms with Crippen LogP contribution >= 0.6 is 0 Å². The zero-order chi connectivity index (χ0) is 11.6. The summed E-state index contributed by atoms with van der Waals surface area (Å²) in [5, 5.41) is 3.32. The smallest absolute Gasteiger partial charge is 0.305 e. The van der Waals surface area contributed by atoms with Crippen molar-refractivity contribution >= 4 is 5.97 Å². The van der Waals surface area contributed by atoms with Crippen LogP contribution in [0.25, 0.3) is 0 Å². The second kappa shape index (κ2) is 8.53. The molecule has 0 spiro atoms. The molecule has 0 aromatic rings. The molecule has 1 atom stereocenters. The molecule has 16 heavy (non-hydrogen) atoms. The molecule has 4 nitrogen and oxygen atoms in total. The van der Waals surface area contributed by atoms with Gasteiger partial charge in [-0.2, -0.15) is 0 Å². The van der Waals surface area contributed by atoms with Crippen molar-refractivity contribution in [3.63, 3.8) is 0 Å². The summed E-state index contributed by atoms with van der Waals surface area (Å²) in [6.07, 6.45) is 6.58. The van der Waals surface area contributed by atoms with E-state index in [0.717, 1.165) is 32.5 Å². The summed E-state index contributed by atoms with van der Waals surface area (Å²) in [7, 11) is 1.43. The topological polar surface area (TPSA) is 47.6 Å². The van der Waals surface area contributed by atoms with Gasteiger partial charge >= 0.3 is 5.97 Å². The van der Waals surface area contributed by atoms with Crippen LogP contribution in [0.2, 0.25) is 0 Å². The Labute approximate surface area is 97.7 Å². The van der Waals surface area contributed by atoms with Crippen molar-refractivity contribution in [1.82, 2.24) is 5.32 Å². The van der Waals surface area contributed by atoms with E-state index >= 15 is 0 Å². The third kappa shape index (κ3) is 6.08. The highest BCUT2D eigenvalue weighted by Crippen LogP contribution is 2.14. The SMILES string of the molecule is COC(=O)CCCNCCC1CCCCO1. The first-order chi connectivity index (χ1) is 7.83. The van der Waals surface area contributed by atoms with Gasteiger partial charge in [0.05, 0.1) is 13.2 Å². The highest BCUT2D eigenvalue weighted by atomic mass is 16.5. The average Bonchev–Trinajstić information content (AvgIpc) is 2.34. The van der Waals surface area contributed by atoms with Crippen LogP contribution in [-0.2, 0) is 14.3 Å². The maximum atomic E-state index is 10.8. The second-order valence-corrected chi connectivity index (χ2v) is 4.21. The van der Waals surface area contributed by atoms with Crippen LogP contribution in [0.5, 0.6) is 0 Å². The minimum atomic E-state index is -0.127. The van der Waals surface area contributed by atoms with Crippen molar-refractivity contribution in [3.8, 4) is 0 Å². The molecule has 0 bridgehead atoms. The van der Waals surface area contributed by atoms with Crippen LogP contribution in [-0.4, -0.2) is 38.9 Å². The molecule has 94 valence electrons. The van der Waals surface area contributed by atoms with Gasteiger partial charge in [-0.3, -0.25) is 4.79 Å². The fourth-order valence-corrected chi connectivity index (χ4v) is 1.88. The minimum Gasteiger partial charge on any atom is -0.469 e. The molecule has 0 aromatic heterocycles. The Hall–Kier alpha value is -0.610. The van der Waals surface area contributed by atoms with Crippen molar-refractivity contribution in [2.24, 2.45) is 0 Å². The summed E-state index contributed by atoms with van der Waals surface area (Å²) < 4.78 is 10.2. The van der Waals surface area contributed by atoms with Gasteiger partial charge in [-0.05, 0) is 45.2 Å². The summed E-state index contributed by atoms with van der Waals surface area (Å²) in [5.74, 6) is -0.127. The summed E-state index contributed by atoms with van der Waals surface area (Å²) in [6.45, 7) is 2.78. The van der Waals surface area contributed by atoms with Crippen LogP contribution in [0.4, 0.5) is 0 Å². The van der Waals surface area contributed by atoms with E-state index in [9.17, 15) is 4.79 Å². The molecule has 1 N–H and O–H groups in total. The van der Waals surface area contributed by atoms with Gasteiger partial charge in [-0.1, -0.05) is 0 Å². The first-order valence-corrected chi connectivity index (χ1v) is 6.22. The van der Waals surface area contributed by atoms with E-state index in [1.165, 1.54) is 26.4 Å². The molecule has 1 fully saturated rings. The zero-order valence-corrected chi connectivity index (χ0v) is 10.2. The number of ether oxygens (including phenoxy) is 2. The standard InChI is InChI=1S/C12H23NO3/c1-15-12(14)6-4-8-13-9-7-11-5-2-3-10-16-11/h11,13H,2-10H2,1H3. The first-order valence-electron chi connectivity index (χ1n) is 6.22. The molecule has 1 saturated heterocycles. The van der Waals surface area contributed by atoms with E-state index in [0.29, 0.717) is 12.5 Å². The first kappa shape index (κ1) is 13.5. The molecule has 0 aromatic carbocycles. The third-order valence-electron chi connectivity index (χ3n) is 2.88. The van der Waals surface area contributed by atoms with Gasteiger partial charge in [0.15, 0.2) is 0 Å². The van der Waals surface area contributed by atoms with E-state index in [-0.39, 0.29) is 5.97 Å². The van der Waals surface area contributed by atoms with Gasteiger partial charge in [0, 0.05) is 13.0 Å². The largest absolute Gasteiger partial charge is 0.469 e. The average molecular weight is 229 g/mol. The Kier molecular flexibility index (Phi) is 7.17. The lowest BCUT2D eigenvalue weighted by molar-refractivity contribution is -0.140. The lowest BCUT2D eigenvalue weighted by Gasteiger charge is -2.22. The van der Waals surface area contributed by atoms with Gasteiger partial charge in [0.1, 0.15) is 0 Å². The molecule has 0 radical (unpaired) electrons. The summed E-state index contributed by atoms with van der Waals surface area (Å²) >= 11 is 0. The highest BCUT2D eigenvalue weighted by molar-refractivity contribution is 5.68. The Morgan fingerprint density at radius 2 is 2.31 bits per heavy atom. The third-order valence-corrected chi connectivity index (χ3v) is 2.88. The molecule has 1 rings (SSSR count). The summed E-state index contributed by atoms with van der Waals surface area (Å²) in [4.78, 5) is 10.8. The number of hydrogen-bond acceptors (Lipinski definition) is 4. The van der Waals surface area contributed by atoms with Crippen LogP contribution in [0, 0.1) is 0 Å². The number of carbonyl (C=O) groups excluding carboxylic acids is 1. The normalized spacial score (nSPS) is 20.7. The highest BCUT2D eigenvalue weighted by Gasteiger charge is 2.12. The number of nitrogens with one attached hydrogen (secondary N) is 1.